The maximum Gasteiger partial charge on any atom is 0.341 e. The van der Waals surface area contributed by atoms with Crippen molar-refractivity contribution in [2.24, 2.45) is 0 Å². The summed E-state index contributed by atoms with van der Waals surface area (Å²) >= 11 is 5.73. The van der Waals surface area contributed by atoms with Crippen LogP contribution in [0.15, 0.2) is 6.07 Å². The number of halogens is 1. The summed E-state index contributed by atoms with van der Waals surface area (Å²) in [7, 11) is 0. The van der Waals surface area contributed by atoms with E-state index in [2.05, 4.69) is 10.3 Å². The van der Waals surface area contributed by atoms with Gasteiger partial charge in [0.15, 0.2) is 0 Å². The first-order valence-corrected chi connectivity index (χ1v) is 5.82. The molecular weight excluding hydrogens is 244 g/mol. The molecule has 0 radical (unpaired) electrons. The molecule has 1 aliphatic carbocycles. The lowest BCUT2D eigenvalue weighted by molar-refractivity contribution is 0.0527. The Morgan fingerprint density at radius 3 is 3.00 bits per heavy atom. The Balaban J connectivity index is 2.31. The fourth-order valence-corrected chi connectivity index (χ4v) is 1.53. The Labute approximate surface area is 104 Å². The van der Waals surface area contributed by atoms with Crippen molar-refractivity contribution in [2.75, 3.05) is 11.9 Å². The van der Waals surface area contributed by atoms with Crippen molar-refractivity contribution >= 4 is 23.4 Å². The third-order valence-electron chi connectivity index (χ3n) is 2.37. The van der Waals surface area contributed by atoms with E-state index in [1.54, 1.807) is 6.92 Å². The van der Waals surface area contributed by atoms with Crippen LogP contribution in [0.4, 0.5) is 5.82 Å². The number of aromatic hydroxyl groups is 1. The zero-order valence-corrected chi connectivity index (χ0v) is 10.1. The van der Waals surface area contributed by atoms with Crippen LogP contribution in [-0.2, 0) is 4.74 Å². The lowest BCUT2D eigenvalue weighted by Gasteiger charge is -2.10. The minimum absolute atomic E-state index is 0.0365. The van der Waals surface area contributed by atoms with Crippen molar-refractivity contribution < 1.29 is 14.6 Å². The molecule has 17 heavy (non-hydrogen) atoms. The van der Waals surface area contributed by atoms with E-state index in [0.717, 1.165) is 12.8 Å². The van der Waals surface area contributed by atoms with Gasteiger partial charge in [0.05, 0.1) is 6.61 Å². The SMILES string of the molecule is CCOC(=O)c1cc(Cl)c(O)nc1NC1CC1. The van der Waals surface area contributed by atoms with Crippen LogP contribution in [0.1, 0.15) is 30.1 Å². The largest absolute Gasteiger partial charge is 0.492 e. The molecule has 5 nitrogen and oxygen atoms in total. The number of aromatic nitrogens is 1. The standard InChI is InChI=1S/C11H13ClN2O3/c1-2-17-11(16)7-5-8(12)10(15)14-9(7)13-6-3-4-6/h5-6H,2-4H2,1H3,(H2,13,14,15). The van der Waals surface area contributed by atoms with E-state index in [9.17, 15) is 9.90 Å². The molecule has 1 fully saturated rings. The van der Waals surface area contributed by atoms with Gasteiger partial charge in [-0.1, -0.05) is 11.6 Å². The number of nitrogens with one attached hydrogen (secondary N) is 1. The van der Waals surface area contributed by atoms with Gasteiger partial charge in [-0.15, -0.1) is 0 Å². The fourth-order valence-electron chi connectivity index (χ4n) is 1.37. The number of pyridine rings is 1. The van der Waals surface area contributed by atoms with Gasteiger partial charge in [0, 0.05) is 6.04 Å². The molecule has 0 saturated heterocycles. The molecule has 92 valence electrons. The van der Waals surface area contributed by atoms with Crippen molar-refractivity contribution in [3.05, 3.63) is 16.7 Å². The smallest absolute Gasteiger partial charge is 0.341 e. The first kappa shape index (κ1) is 12.0. The number of esters is 1. The second-order valence-corrected chi connectivity index (χ2v) is 4.24. The van der Waals surface area contributed by atoms with Gasteiger partial charge in [-0.2, -0.15) is 4.98 Å². The predicted molar refractivity (Wildman–Crippen MR) is 63.5 cm³/mol. The van der Waals surface area contributed by atoms with E-state index in [4.69, 9.17) is 16.3 Å². The first-order chi connectivity index (χ1) is 8.11. The average molecular weight is 257 g/mol. The summed E-state index contributed by atoms with van der Waals surface area (Å²) in [6.45, 7) is 2.00. The van der Waals surface area contributed by atoms with Crippen LogP contribution >= 0.6 is 11.6 Å². The molecule has 2 rings (SSSR count). The van der Waals surface area contributed by atoms with Crippen LogP contribution in [-0.4, -0.2) is 28.7 Å². The van der Waals surface area contributed by atoms with E-state index in [1.807, 2.05) is 0 Å². The van der Waals surface area contributed by atoms with E-state index < -0.39 is 5.97 Å². The van der Waals surface area contributed by atoms with Gasteiger partial charge in [0.1, 0.15) is 16.4 Å². The van der Waals surface area contributed by atoms with Gasteiger partial charge in [-0.05, 0) is 25.8 Å². The monoisotopic (exact) mass is 256 g/mol. The number of rotatable bonds is 4. The van der Waals surface area contributed by atoms with Gasteiger partial charge < -0.3 is 15.2 Å². The van der Waals surface area contributed by atoms with E-state index in [0.29, 0.717) is 11.9 Å². The summed E-state index contributed by atoms with van der Waals surface area (Å²) in [6.07, 6.45) is 2.07. The lowest BCUT2D eigenvalue weighted by Crippen LogP contribution is -2.12. The van der Waals surface area contributed by atoms with Crippen LogP contribution in [0.25, 0.3) is 0 Å². The fraction of sp³-hybridized carbons (Fsp3) is 0.455. The van der Waals surface area contributed by atoms with E-state index in [-0.39, 0.29) is 23.1 Å². The highest BCUT2D eigenvalue weighted by Crippen LogP contribution is 2.30. The second kappa shape index (κ2) is 4.79. The highest BCUT2D eigenvalue weighted by Gasteiger charge is 2.25. The second-order valence-electron chi connectivity index (χ2n) is 3.83. The number of nitrogens with zero attached hydrogens (tertiary/aromatic N) is 1. The lowest BCUT2D eigenvalue weighted by atomic mass is 10.2. The maximum absolute atomic E-state index is 11.7. The molecule has 0 atom stereocenters. The van der Waals surface area contributed by atoms with Crippen molar-refractivity contribution in [1.29, 1.82) is 0 Å². The first-order valence-electron chi connectivity index (χ1n) is 5.45. The van der Waals surface area contributed by atoms with Crippen LogP contribution in [0.5, 0.6) is 5.88 Å². The molecule has 1 aliphatic rings. The summed E-state index contributed by atoms with van der Waals surface area (Å²) in [5, 5.41) is 12.5. The Kier molecular flexibility index (Phi) is 3.38. The van der Waals surface area contributed by atoms with Gasteiger partial charge >= 0.3 is 5.97 Å². The van der Waals surface area contributed by atoms with Crippen molar-refractivity contribution in [3.63, 3.8) is 0 Å². The van der Waals surface area contributed by atoms with E-state index >= 15 is 0 Å². The van der Waals surface area contributed by atoms with Crippen LogP contribution in [0, 0.1) is 0 Å². The molecule has 0 unspecified atom stereocenters. The molecule has 1 heterocycles. The number of ether oxygens (including phenoxy) is 1. The van der Waals surface area contributed by atoms with Crippen LogP contribution in [0.3, 0.4) is 0 Å². The highest BCUT2D eigenvalue weighted by atomic mass is 35.5. The Morgan fingerprint density at radius 2 is 2.41 bits per heavy atom. The van der Waals surface area contributed by atoms with Gasteiger partial charge in [0.25, 0.3) is 0 Å². The summed E-state index contributed by atoms with van der Waals surface area (Å²) in [5.74, 6) is -0.458. The number of hydrogen-bond acceptors (Lipinski definition) is 5. The summed E-state index contributed by atoms with van der Waals surface area (Å²) in [6, 6.07) is 1.68. The minimum atomic E-state index is -0.495. The van der Waals surface area contributed by atoms with Crippen molar-refractivity contribution in [3.8, 4) is 5.88 Å². The third-order valence-corrected chi connectivity index (χ3v) is 2.65. The molecule has 1 aromatic heterocycles. The minimum Gasteiger partial charge on any atom is -0.492 e. The third kappa shape index (κ3) is 2.79. The molecule has 0 amide bonds. The van der Waals surface area contributed by atoms with Crippen LogP contribution in [0.2, 0.25) is 5.02 Å². The zero-order chi connectivity index (χ0) is 12.4. The molecule has 6 heteroatoms. The van der Waals surface area contributed by atoms with Crippen LogP contribution < -0.4 is 5.32 Å². The summed E-state index contributed by atoms with van der Waals surface area (Å²) in [5.41, 5.74) is 0.251. The molecule has 1 saturated carbocycles. The topological polar surface area (TPSA) is 71.5 Å². The molecule has 0 aliphatic heterocycles. The molecule has 0 bridgehead atoms. The number of carbonyl (C=O) groups excluding carboxylic acids is 1. The summed E-state index contributed by atoms with van der Waals surface area (Å²) < 4.78 is 4.91. The number of hydrogen-bond donors (Lipinski definition) is 2. The maximum atomic E-state index is 11.7. The van der Waals surface area contributed by atoms with Crippen molar-refractivity contribution in [1.82, 2.24) is 4.98 Å². The van der Waals surface area contributed by atoms with E-state index in [1.165, 1.54) is 6.07 Å². The molecule has 0 aromatic carbocycles. The number of carbonyl (C=O) groups is 1. The average Bonchev–Trinajstić information content (AvgIpc) is 3.07. The quantitative estimate of drug-likeness (QED) is 0.808. The van der Waals surface area contributed by atoms with Gasteiger partial charge in [-0.3, -0.25) is 0 Å². The Bertz CT molecular complexity index is 447. The van der Waals surface area contributed by atoms with Crippen molar-refractivity contribution in [2.45, 2.75) is 25.8 Å². The predicted octanol–water partition coefficient (Wildman–Crippen LogP) is 2.19. The molecule has 1 aromatic rings. The Morgan fingerprint density at radius 1 is 1.71 bits per heavy atom. The molecule has 0 spiro atoms. The number of anilines is 1. The van der Waals surface area contributed by atoms with Gasteiger partial charge in [-0.25, -0.2) is 4.79 Å². The Hall–Kier alpha value is -1.49. The highest BCUT2D eigenvalue weighted by molar-refractivity contribution is 6.32. The molecule has 2 N–H and O–H groups in total. The molecular formula is C11H13ClN2O3. The normalized spacial score (nSPS) is 14.5. The summed E-state index contributed by atoms with van der Waals surface area (Å²) in [4.78, 5) is 15.6. The zero-order valence-electron chi connectivity index (χ0n) is 9.36. The van der Waals surface area contributed by atoms with Gasteiger partial charge in [0.2, 0.25) is 5.88 Å².